The molecule has 2 aromatic heterocycles. The predicted molar refractivity (Wildman–Crippen MR) is 58.4 cm³/mol. The van der Waals surface area contributed by atoms with Crippen LogP contribution in [0.4, 0.5) is 18.9 Å². The lowest BCUT2D eigenvalue weighted by atomic mass is 10.3. The number of alkyl halides is 3. The lowest BCUT2D eigenvalue weighted by molar-refractivity contribution is -0.145. The molecule has 0 aromatic carbocycles. The number of rotatable bonds is 2. The molecule has 2 rings (SSSR count). The van der Waals surface area contributed by atoms with Gasteiger partial charge in [-0.3, -0.25) is 0 Å². The maximum absolute atomic E-state index is 12.5. The average molecular weight is 257 g/mol. The van der Waals surface area contributed by atoms with Crippen molar-refractivity contribution in [1.29, 1.82) is 0 Å². The molecule has 0 amide bonds. The molecule has 96 valence electrons. The normalized spacial score (nSPS) is 11.6. The van der Waals surface area contributed by atoms with E-state index in [0.717, 1.165) is 6.20 Å². The van der Waals surface area contributed by atoms with Gasteiger partial charge in [0.2, 0.25) is 5.82 Å². The first-order valence-corrected chi connectivity index (χ1v) is 5.05. The monoisotopic (exact) mass is 257 g/mol. The summed E-state index contributed by atoms with van der Waals surface area (Å²) in [6.45, 7) is 1.62. The van der Waals surface area contributed by atoms with Gasteiger partial charge in [-0.15, -0.1) is 0 Å². The van der Waals surface area contributed by atoms with Crippen LogP contribution in [0.15, 0.2) is 18.6 Å². The van der Waals surface area contributed by atoms with E-state index in [1.807, 2.05) is 0 Å². The highest BCUT2D eigenvalue weighted by Crippen LogP contribution is 2.27. The van der Waals surface area contributed by atoms with Gasteiger partial charge < -0.3 is 5.32 Å². The van der Waals surface area contributed by atoms with Gasteiger partial charge in [-0.25, -0.2) is 14.6 Å². The minimum atomic E-state index is -4.57. The molecular weight excluding hydrogens is 247 g/mol. The highest BCUT2D eigenvalue weighted by atomic mass is 19.4. The van der Waals surface area contributed by atoms with Gasteiger partial charge >= 0.3 is 6.18 Å². The minimum absolute atomic E-state index is 0.110. The third kappa shape index (κ3) is 2.27. The van der Waals surface area contributed by atoms with E-state index in [0.29, 0.717) is 11.3 Å². The molecule has 0 unspecified atom stereocenters. The number of hydrogen-bond donors (Lipinski definition) is 1. The lowest BCUT2D eigenvalue weighted by Crippen LogP contribution is -2.14. The van der Waals surface area contributed by atoms with Crippen LogP contribution in [-0.4, -0.2) is 26.8 Å². The summed E-state index contributed by atoms with van der Waals surface area (Å²) in [4.78, 5) is 6.77. The van der Waals surface area contributed by atoms with Crippen molar-refractivity contribution in [2.45, 2.75) is 13.1 Å². The Bertz CT molecular complexity index is 561. The molecule has 0 atom stereocenters. The minimum Gasteiger partial charge on any atom is -0.386 e. The van der Waals surface area contributed by atoms with Crippen molar-refractivity contribution in [3.8, 4) is 5.82 Å². The van der Waals surface area contributed by atoms with Crippen molar-refractivity contribution in [2.75, 3.05) is 12.4 Å². The quantitative estimate of drug-likeness (QED) is 0.894. The Balaban J connectivity index is 2.49. The van der Waals surface area contributed by atoms with E-state index in [1.165, 1.54) is 10.9 Å². The van der Waals surface area contributed by atoms with E-state index in [2.05, 4.69) is 20.4 Å². The van der Waals surface area contributed by atoms with E-state index >= 15 is 0 Å². The van der Waals surface area contributed by atoms with Gasteiger partial charge in [0, 0.05) is 18.8 Å². The lowest BCUT2D eigenvalue weighted by Gasteiger charge is -2.08. The molecule has 0 radical (unpaired) electrons. The first kappa shape index (κ1) is 12.3. The number of halogens is 3. The Hall–Kier alpha value is -2.12. The zero-order valence-electron chi connectivity index (χ0n) is 9.65. The van der Waals surface area contributed by atoms with Crippen molar-refractivity contribution in [2.24, 2.45) is 0 Å². The van der Waals surface area contributed by atoms with E-state index in [9.17, 15) is 13.2 Å². The predicted octanol–water partition coefficient (Wildman–Crippen LogP) is 2.03. The molecule has 0 spiro atoms. The highest BCUT2D eigenvalue weighted by Gasteiger charge is 2.35. The zero-order chi connectivity index (χ0) is 13.3. The van der Waals surface area contributed by atoms with Crippen LogP contribution in [0.5, 0.6) is 0 Å². The van der Waals surface area contributed by atoms with E-state index < -0.39 is 12.0 Å². The van der Waals surface area contributed by atoms with Crippen LogP contribution in [0.3, 0.4) is 0 Å². The molecule has 8 heteroatoms. The Kier molecular flexibility index (Phi) is 2.93. The van der Waals surface area contributed by atoms with E-state index in [1.54, 1.807) is 20.2 Å². The summed E-state index contributed by atoms with van der Waals surface area (Å²) in [5.74, 6) is -1.07. The van der Waals surface area contributed by atoms with Crippen molar-refractivity contribution in [3.63, 3.8) is 0 Å². The standard InChI is InChI=1S/C10H10F3N5/c1-6-3-15-9(10(11,12)13)17-8(6)18-5-7(14-2)4-16-18/h3-5,14H,1-2H3. The molecule has 0 fully saturated rings. The summed E-state index contributed by atoms with van der Waals surface area (Å²) in [5, 5.41) is 6.77. The molecule has 0 bridgehead atoms. The second kappa shape index (κ2) is 4.28. The summed E-state index contributed by atoms with van der Waals surface area (Å²) in [6.07, 6.45) is -0.391. The Morgan fingerprint density at radius 2 is 2.00 bits per heavy atom. The number of aryl methyl sites for hydroxylation is 1. The largest absolute Gasteiger partial charge is 0.451 e. The smallest absolute Gasteiger partial charge is 0.386 e. The van der Waals surface area contributed by atoms with Gasteiger partial charge in [-0.05, 0) is 6.92 Å². The molecular formula is C10H10F3N5. The molecule has 5 nitrogen and oxygen atoms in total. The fraction of sp³-hybridized carbons (Fsp3) is 0.300. The van der Waals surface area contributed by atoms with Crippen LogP contribution in [0, 0.1) is 6.92 Å². The van der Waals surface area contributed by atoms with Crippen LogP contribution >= 0.6 is 0 Å². The molecule has 0 saturated heterocycles. The third-order valence-corrected chi connectivity index (χ3v) is 2.29. The second-order valence-electron chi connectivity index (χ2n) is 3.62. The van der Waals surface area contributed by atoms with Crippen LogP contribution < -0.4 is 5.32 Å². The van der Waals surface area contributed by atoms with Gasteiger partial charge in [-0.1, -0.05) is 0 Å². The maximum atomic E-state index is 12.5. The maximum Gasteiger partial charge on any atom is 0.451 e. The van der Waals surface area contributed by atoms with Gasteiger partial charge in [0.15, 0.2) is 5.82 Å². The molecule has 1 N–H and O–H groups in total. The first-order chi connectivity index (χ1) is 8.41. The Morgan fingerprint density at radius 1 is 1.28 bits per heavy atom. The van der Waals surface area contributed by atoms with Crippen LogP contribution in [0.25, 0.3) is 5.82 Å². The summed E-state index contributed by atoms with van der Waals surface area (Å²) in [6, 6.07) is 0. The summed E-state index contributed by atoms with van der Waals surface area (Å²) in [5.41, 5.74) is 1.19. The molecule has 18 heavy (non-hydrogen) atoms. The Labute approximate surface area is 101 Å². The molecule has 0 aliphatic rings. The molecule has 0 aliphatic carbocycles. The van der Waals surface area contributed by atoms with Crippen molar-refractivity contribution in [3.05, 3.63) is 30.0 Å². The van der Waals surface area contributed by atoms with Gasteiger partial charge in [-0.2, -0.15) is 18.3 Å². The van der Waals surface area contributed by atoms with Crippen LogP contribution in [0.1, 0.15) is 11.4 Å². The fourth-order valence-corrected chi connectivity index (χ4v) is 1.37. The number of nitrogens with zero attached hydrogens (tertiary/aromatic N) is 4. The highest BCUT2D eigenvalue weighted by molar-refractivity contribution is 5.41. The van der Waals surface area contributed by atoms with E-state index in [-0.39, 0.29) is 5.82 Å². The summed E-state index contributed by atoms with van der Waals surface area (Å²) >= 11 is 0. The van der Waals surface area contributed by atoms with Crippen molar-refractivity contribution < 1.29 is 13.2 Å². The number of aromatic nitrogens is 4. The Morgan fingerprint density at radius 3 is 2.56 bits per heavy atom. The third-order valence-electron chi connectivity index (χ3n) is 2.29. The number of anilines is 1. The molecule has 2 aromatic rings. The number of hydrogen-bond acceptors (Lipinski definition) is 4. The molecule has 0 aliphatic heterocycles. The van der Waals surface area contributed by atoms with Gasteiger partial charge in [0.1, 0.15) is 0 Å². The van der Waals surface area contributed by atoms with Gasteiger partial charge in [0.25, 0.3) is 0 Å². The zero-order valence-corrected chi connectivity index (χ0v) is 9.65. The van der Waals surface area contributed by atoms with Crippen LogP contribution in [0.2, 0.25) is 0 Å². The topological polar surface area (TPSA) is 55.6 Å². The van der Waals surface area contributed by atoms with Crippen molar-refractivity contribution >= 4 is 5.69 Å². The van der Waals surface area contributed by atoms with E-state index in [4.69, 9.17) is 0 Å². The van der Waals surface area contributed by atoms with Gasteiger partial charge in [0.05, 0.1) is 18.1 Å². The molecule has 0 saturated carbocycles. The van der Waals surface area contributed by atoms with Crippen molar-refractivity contribution in [1.82, 2.24) is 19.7 Å². The second-order valence-corrected chi connectivity index (χ2v) is 3.62. The first-order valence-electron chi connectivity index (χ1n) is 5.05. The molecule has 2 heterocycles. The SMILES string of the molecule is CNc1cnn(-c2nc(C(F)(F)F)ncc2C)c1. The summed E-state index contributed by atoms with van der Waals surface area (Å²) < 4.78 is 38.8. The number of nitrogens with one attached hydrogen (secondary N) is 1. The summed E-state index contributed by atoms with van der Waals surface area (Å²) in [7, 11) is 1.69. The fourth-order valence-electron chi connectivity index (χ4n) is 1.37. The van der Waals surface area contributed by atoms with Crippen LogP contribution in [-0.2, 0) is 6.18 Å². The average Bonchev–Trinajstić information content (AvgIpc) is 2.76.